The van der Waals surface area contributed by atoms with E-state index >= 15 is 0 Å². The molecule has 8 N–H and O–H groups in total. The Morgan fingerprint density at radius 3 is 2.18 bits per heavy atom. The van der Waals surface area contributed by atoms with Gasteiger partial charge in [-0.15, -0.1) is 0 Å². The van der Waals surface area contributed by atoms with E-state index < -0.39 is 78.7 Å². The molecule has 2 aromatic rings. The minimum absolute atomic E-state index is 0.0324. The summed E-state index contributed by atoms with van der Waals surface area (Å²) >= 11 is 1.40. The summed E-state index contributed by atoms with van der Waals surface area (Å²) in [7, 11) is 0. The Morgan fingerprint density at radius 1 is 0.902 bits per heavy atom. The van der Waals surface area contributed by atoms with Crippen LogP contribution >= 0.6 is 11.8 Å². The molecule has 3 rings (SSSR count). The molecule has 4 atom stereocenters. The number of hydrogen-bond donors (Lipinski definition) is 6. The van der Waals surface area contributed by atoms with Gasteiger partial charge in [-0.05, 0) is 36.3 Å². The summed E-state index contributed by atoms with van der Waals surface area (Å²) < 4.78 is 5.03. The zero-order valence-corrected chi connectivity index (χ0v) is 29.6. The number of ether oxygens (including phenoxy) is 1. The van der Waals surface area contributed by atoms with Gasteiger partial charge in [0.2, 0.25) is 35.4 Å². The Bertz CT molecular complexity index is 1510. The summed E-state index contributed by atoms with van der Waals surface area (Å²) in [6, 6.07) is 14.1. The van der Waals surface area contributed by atoms with Crippen molar-refractivity contribution < 1.29 is 38.3 Å². The molecule has 1 fully saturated rings. The number of amides is 7. The fourth-order valence-corrected chi connectivity index (χ4v) is 6.32. The predicted octanol–water partition coefficient (Wildman–Crippen LogP) is 0.698. The number of benzene rings is 2. The lowest BCUT2D eigenvalue weighted by molar-refractivity contribution is -0.142. The van der Waals surface area contributed by atoms with Gasteiger partial charge in [-0.1, -0.05) is 74.5 Å². The predicted molar refractivity (Wildman–Crippen MR) is 190 cm³/mol. The number of likely N-dealkylation sites (tertiary alicyclic amines) is 1. The average molecular weight is 726 g/mol. The summed E-state index contributed by atoms with van der Waals surface area (Å²) in [6.45, 7) is 3.37. The molecular formula is C35H47N7O8S. The third-order valence-corrected chi connectivity index (χ3v) is 8.93. The minimum Gasteiger partial charge on any atom is -0.444 e. The number of primary amides is 1. The van der Waals surface area contributed by atoms with E-state index in [4.69, 9.17) is 16.2 Å². The summed E-state index contributed by atoms with van der Waals surface area (Å²) in [6.07, 6.45) is -0.326. The van der Waals surface area contributed by atoms with Crippen LogP contribution in [-0.4, -0.2) is 89.4 Å². The maximum atomic E-state index is 13.9. The van der Waals surface area contributed by atoms with E-state index in [1.54, 1.807) is 24.3 Å². The first-order valence-electron chi connectivity index (χ1n) is 16.7. The van der Waals surface area contributed by atoms with Crippen molar-refractivity contribution in [1.82, 2.24) is 26.2 Å². The molecule has 7 amide bonds. The lowest BCUT2D eigenvalue weighted by atomic mass is 10.0. The van der Waals surface area contributed by atoms with E-state index in [0.29, 0.717) is 18.6 Å². The summed E-state index contributed by atoms with van der Waals surface area (Å²) in [4.78, 5) is 90.6. The maximum absolute atomic E-state index is 13.9. The fourth-order valence-electron chi connectivity index (χ4n) is 5.31. The van der Waals surface area contributed by atoms with Gasteiger partial charge in [0.15, 0.2) is 0 Å². The highest BCUT2D eigenvalue weighted by atomic mass is 32.2. The fraction of sp³-hybridized carbons (Fsp3) is 0.457. The van der Waals surface area contributed by atoms with Crippen LogP contribution in [0.1, 0.15) is 50.7 Å². The largest absolute Gasteiger partial charge is 0.444 e. The molecular weight excluding hydrogens is 678 g/mol. The lowest BCUT2D eigenvalue weighted by Crippen LogP contribution is -2.58. The molecule has 0 aliphatic carbocycles. The van der Waals surface area contributed by atoms with Crippen LogP contribution in [0, 0.1) is 5.92 Å². The van der Waals surface area contributed by atoms with Crippen LogP contribution in [0.4, 0.5) is 4.79 Å². The average Bonchev–Trinajstić information content (AvgIpc) is 3.59. The highest BCUT2D eigenvalue weighted by Gasteiger charge is 2.39. The standard InChI is InChI=1S/C35H47N7O8S/c1-22(2)16-26(32(46)38-18-30(44)41-35(49)50-19-23-10-5-3-6-11-23)39-33(47)28-14-9-15-42(28)34(48)27(40-31(45)25(36)17-29(37)43)21-51-20-24-12-7-4-8-13-24/h3-8,10-13,22,25-28H,9,14-21,36H2,1-2H3,(H2,37,43)(H,38,46)(H,39,47)(H,40,45)(H,41,44,49)/t25-,26-,27-,28-/m0/s1. The molecule has 1 saturated heterocycles. The zero-order chi connectivity index (χ0) is 37.3. The van der Waals surface area contributed by atoms with E-state index in [0.717, 1.165) is 11.1 Å². The molecule has 276 valence electrons. The van der Waals surface area contributed by atoms with Crippen LogP contribution in [-0.2, 0) is 45.9 Å². The number of nitrogens with two attached hydrogens (primary N) is 2. The second-order valence-electron chi connectivity index (χ2n) is 12.5. The van der Waals surface area contributed by atoms with Crippen molar-refractivity contribution >= 4 is 53.3 Å². The molecule has 1 aliphatic heterocycles. The van der Waals surface area contributed by atoms with Crippen molar-refractivity contribution in [2.75, 3.05) is 18.8 Å². The van der Waals surface area contributed by atoms with Crippen molar-refractivity contribution in [2.24, 2.45) is 17.4 Å². The molecule has 1 aliphatic rings. The van der Waals surface area contributed by atoms with Gasteiger partial charge in [-0.3, -0.25) is 34.1 Å². The first kappa shape index (κ1) is 40.5. The van der Waals surface area contributed by atoms with Crippen molar-refractivity contribution in [1.29, 1.82) is 0 Å². The molecule has 2 aromatic carbocycles. The van der Waals surface area contributed by atoms with Crippen molar-refractivity contribution in [3.8, 4) is 0 Å². The number of hydrogen-bond acceptors (Lipinski definition) is 10. The van der Waals surface area contributed by atoms with Crippen LogP contribution in [0.15, 0.2) is 60.7 Å². The Balaban J connectivity index is 1.62. The Labute approximate surface area is 301 Å². The van der Waals surface area contributed by atoms with E-state index in [1.807, 2.05) is 55.6 Å². The number of thioether (sulfide) groups is 1. The third-order valence-electron chi connectivity index (χ3n) is 7.82. The number of nitrogens with one attached hydrogen (secondary N) is 4. The van der Waals surface area contributed by atoms with E-state index in [-0.39, 0.29) is 31.2 Å². The quantitative estimate of drug-likeness (QED) is 0.126. The number of nitrogens with zero attached hydrogens (tertiary/aromatic N) is 1. The van der Waals surface area contributed by atoms with Crippen LogP contribution in [0.25, 0.3) is 0 Å². The smallest absolute Gasteiger partial charge is 0.414 e. The highest BCUT2D eigenvalue weighted by Crippen LogP contribution is 2.21. The highest BCUT2D eigenvalue weighted by molar-refractivity contribution is 7.98. The molecule has 1 heterocycles. The first-order valence-corrected chi connectivity index (χ1v) is 17.8. The lowest BCUT2D eigenvalue weighted by Gasteiger charge is -2.30. The number of rotatable bonds is 18. The Kier molecular flexibility index (Phi) is 16.4. The SMILES string of the molecule is CC(C)C[C@H](NC(=O)[C@@H]1CCCN1C(=O)[C@H](CSCc1ccccc1)NC(=O)[C@@H](N)CC(N)=O)C(=O)NCC(=O)NC(=O)OCc1ccccc1. The molecule has 16 heteroatoms. The van der Waals surface area contributed by atoms with Crippen molar-refractivity contribution in [3.63, 3.8) is 0 Å². The monoisotopic (exact) mass is 725 g/mol. The molecule has 0 unspecified atom stereocenters. The van der Waals surface area contributed by atoms with Gasteiger partial charge in [0.05, 0.1) is 19.0 Å². The normalized spacial score (nSPS) is 15.6. The van der Waals surface area contributed by atoms with Crippen molar-refractivity contribution in [2.45, 2.75) is 76.1 Å². The summed E-state index contributed by atoms with van der Waals surface area (Å²) in [5.41, 5.74) is 12.8. The van der Waals surface area contributed by atoms with E-state index in [2.05, 4.69) is 16.0 Å². The second-order valence-corrected chi connectivity index (χ2v) is 13.6. The molecule has 0 bridgehead atoms. The van der Waals surface area contributed by atoms with Gasteiger partial charge in [0.1, 0.15) is 24.7 Å². The first-order chi connectivity index (χ1) is 24.3. The minimum atomic E-state index is -1.26. The Morgan fingerprint density at radius 2 is 1.55 bits per heavy atom. The van der Waals surface area contributed by atoms with Gasteiger partial charge < -0.3 is 37.1 Å². The van der Waals surface area contributed by atoms with Gasteiger partial charge in [0.25, 0.3) is 0 Å². The molecule has 0 saturated carbocycles. The number of imide groups is 1. The third kappa shape index (κ3) is 14.1. The summed E-state index contributed by atoms with van der Waals surface area (Å²) in [5, 5.41) is 9.86. The number of carbonyl (C=O) groups excluding carboxylic acids is 7. The maximum Gasteiger partial charge on any atom is 0.414 e. The van der Waals surface area contributed by atoms with Crippen LogP contribution < -0.4 is 32.7 Å². The van der Waals surface area contributed by atoms with Crippen LogP contribution in [0.5, 0.6) is 0 Å². The molecule has 15 nitrogen and oxygen atoms in total. The molecule has 0 spiro atoms. The topological polar surface area (TPSA) is 232 Å². The van der Waals surface area contributed by atoms with Crippen molar-refractivity contribution in [3.05, 3.63) is 71.8 Å². The van der Waals surface area contributed by atoms with Gasteiger partial charge in [-0.25, -0.2) is 4.79 Å². The van der Waals surface area contributed by atoms with Gasteiger partial charge in [0, 0.05) is 18.1 Å². The summed E-state index contributed by atoms with van der Waals surface area (Å²) in [5.74, 6) is -3.34. The molecule has 0 radical (unpaired) electrons. The number of alkyl carbamates (subject to hydrolysis) is 1. The van der Waals surface area contributed by atoms with E-state index in [9.17, 15) is 33.6 Å². The molecule has 51 heavy (non-hydrogen) atoms. The second kappa shape index (κ2) is 20.7. The molecule has 0 aromatic heterocycles. The van der Waals surface area contributed by atoms with E-state index in [1.165, 1.54) is 16.7 Å². The zero-order valence-electron chi connectivity index (χ0n) is 28.8. The Hall–Kier alpha value is -4.96. The van der Waals surface area contributed by atoms with Gasteiger partial charge >= 0.3 is 6.09 Å². The van der Waals surface area contributed by atoms with Crippen LogP contribution in [0.2, 0.25) is 0 Å². The van der Waals surface area contributed by atoms with Gasteiger partial charge in [-0.2, -0.15) is 11.8 Å². The van der Waals surface area contributed by atoms with Crippen LogP contribution in [0.3, 0.4) is 0 Å². The number of carbonyl (C=O) groups is 7.